The zero-order valence-electron chi connectivity index (χ0n) is 14.4. The predicted molar refractivity (Wildman–Crippen MR) is 91.9 cm³/mol. The lowest BCUT2D eigenvalue weighted by Crippen LogP contribution is -2.45. The molecule has 3 N–H and O–H groups in total. The van der Waals surface area contributed by atoms with Crippen LogP contribution >= 0.6 is 0 Å². The Morgan fingerprint density at radius 2 is 2.08 bits per heavy atom. The monoisotopic (exact) mass is 349 g/mol. The van der Waals surface area contributed by atoms with E-state index >= 15 is 0 Å². The highest BCUT2D eigenvalue weighted by atomic mass is 16.6. The molecule has 8 heteroatoms. The fraction of sp³-hybridized carbons (Fsp3) is 0.529. The first-order chi connectivity index (χ1) is 11.8. The molecular weight excluding hydrogens is 326 g/mol. The molecule has 1 aliphatic rings. The molecule has 25 heavy (non-hydrogen) atoms. The van der Waals surface area contributed by atoms with Gasteiger partial charge in [0.25, 0.3) is 11.6 Å². The number of nitrogens with two attached hydrogens (primary N) is 1. The molecule has 1 amide bonds. The predicted octanol–water partition coefficient (Wildman–Crippen LogP) is 2.27. The molecule has 1 fully saturated rings. The summed E-state index contributed by atoms with van der Waals surface area (Å²) < 4.78 is 4.95. The highest BCUT2D eigenvalue weighted by Crippen LogP contribution is 2.29. The number of rotatable bonds is 5. The molecule has 3 unspecified atom stereocenters. The molecule has 0 saturated heterocycles. The third kappa shape index (κ3) is 4.68. The van der Waals surface area contributed by atoms with Crippen LogP contribution in [0.25, 0.3) is 0 Å². The van der Waals surface area contributed by atoms with E-state index in [-0.39, 0.29) is 28.9 Å². The van der Waals surface area contributed by atoms with Gasteiger partial charge in [0.15, 0.2) is 6.61 Å². The average molecular weight is 349 g/mol. The second-order valence-electron chi connectivity index (χ2n) is 6.55. The van der Waals surface area contributed by atoms with Gasteiger partial charge in [-0.2, -0.15) is 0 Å². The number of esters is 1. The van der Waals surface area contributed by atoms with Crippen molar-refractivity contribution in [3.8, 4) is 0 Å². The second-order valence-corrected chi connectivity index (χ2v) is 6.55. The lowest BCUT2D eigenvalue weighted by atomic mass is 9.78. The van der Waals surface area contributed by atoms with Crippen LogP contribution in [0.2, 0.25) is 0 Å². The SMILES string of the molecule is CC1CCCC(NC(=O)COC(=O)c2ccc(N)c([N+](=O)[O-])c2)C1C. The Kier molecular flexibility index (Phi) is 5.95. The molecule has 3 atom stereocenters. The maximum absolute atomic E-state index is 12.0. The summed E-state index contributed by atoms with van der Waals surface area (Å²) in [4.78, 5) is 34.2. The minimum absolute atomic E-state index is 0.0200. The van der Waals surface area contributed by atoms with Gasteiger partial charge in [0.1, 0.15) is 5.69 Å². The minimum atomic E-state index is -0.802. The topological polar surface area (TPSA) is 125 Å². The first-order valence-corrected chi connectivity index (χ1v) is 8.30. The van der Waals surface area contributed by atoms with E-state index < -0.39 is 17.5 Å². The highest BCUT2D eigenvalue weighted by molar-refractivity contribution is 5.92. The first kappa shape index (κ1) is 18.7. The van der Waals surface area contributed by atoms with Crippen molar-refractivity contribution in [2.75, 3.05) is 12.3 Å². The van der Waals surface area contributed by atoms with Crippen LogP contribution in [0.4, 0.5) is 11.4 Å². The molecule has 0 radical (unpaired) electrons. The van der Waals surface area contributed by atoms with Crippen molar-refractivity contribution < 1.29 is 19.2 Å². The Morgan fingerprint density at radius 3 is 2.76 bits per heavy atom. The number of nitrogens with one attached hydrogen (secondary N) is 1. The molecule has 136 valence electrons. The summed E-state index contributed by atoms with van der Waals surface area (Å²) in [7, 11) is 0. The van der Waals surface area contributed by atoms with Gasteiger partial charge in [-0.25, -0.2) is 4.79 Å². The van der Waals surface area contributed by atoms with Crippen molar-refractivity contribution in [2.24, 2.45) is 11.8 Å². The Balaban J connectivity index is 1.90. The van der Waals surface area contributed by atoms with Gasteiger partial charge in [-0.3, -0.25) is 14.9 Å². The summed E-state index contributed by atoms with van der Waals surface area (Å²) in [6.45, 7) is 3.85. The van der Waals surface area contributed by atoms with Crippen molar-refractivity contribution in [1.29, 1.82) is 0 Å². The Hall–Kier alpha value is -2.64. The molecule has 2 rings (SSSR count). The quantitative estimate of drug-likeness (QED) is 0.364. The largest absolute Gasteiger partial charge is 0.452 e. The van der Waals surface area contributed by atoms with E-state index in [9.17, 15) is 19.7 Å². The Labute approximate surface area is 145 Å². The number of carbonyl (C=O) groups is 2. The van der Waals surface area contributed by atoms with Crippen molar-refractivity contribution in [3.05, 3.63) is 33.9 Å². The molecular formula is C17H23N3O5. The number of nitrogen functional groups attached to an aromatic ring is 1. The summed E-state index contributed by atoms with van der Waals surface area (Å²) in [5.41, 5.74) is 5.05. The highest BCUT2D eigenvalue weighted by Gasteiger charge is 2.28. The Bertz CT molecular complexity index is 676. The first-order valence-electron chi connectivity index (χ1n) is 8.30. The Morgan fingerprint density at radius 1 is 1.36 bits per heavy atom. The molecule has 0 heterocycles. The van der Waals surface area contributed by atoms with E-state index in [1.54, 1.807) is 0 Å². The van der Waals surface area contributed by atoms with Crippen molar-refractivity contribution in [1.82, 2.24) is 5.32 Å². The van der Waals surface area contributed by atoms with Crippen LogP contribution in [0, 0.1) is 22.0 Å². The van der Waals surface area contributed by atoms with Crippen LogP contribution in [0.3, 0.4) is 0 Å². The lowest BCUT2D eigenvalue weighted by Gasteiger charge is -2.34. The summed E-state index contributed by atoms with van der Waals surface area (Å²) in [5.74, 6) is -0.266. The molecule has 1 aromatic rings. The number of benzene rings is 1. The molecule has 1 saturated carbocycles. The van der Waals surface area contributed by atoms with Gasteiger partial charge in [-0.15, -0.1) is 0 Å². The number of anilines is 1. The van der Waals surface area contributed by atoms with Gasteiger partial charge in [-0.1, -0.05) is 26.7 Å². The normalized spacial score (nSPS) is 22.9. The third-order valence-electron chi connectivity index (χ3n) is 4.85. The molecule has 0 aromatic heterocycles. The van der Waals surface area contributed by atoms with Crippen LogP contribution in [0.5, 0.6) is 0 Å². The number of ether oxygens (including phenoxy) is 1. The number of nitro groups is 1. The summed E-state index contributed by atoms with van der Waals surface area (Å²) in [5, 5.41) is 13.8. The van der Waals surface area contributed by atoms with Crippen LogP contribution in [0.15, 0.2) is 18.2 Å². The molecule has 0 aliphatic heterocycles. The lowest BCUT2D eigenvalue weighted by molar-refractivity contribution is -0.383. The van der Waals surface area contributed by atoms with E-state index in [1.165, 1.54) is 12.1 Å². The molecule has 1 aromatic carbocycles. The van der Waals surface area contributed by atoms with E-state index in [0.717, 1.165) is 25.3 Å². The maximum Gasteiger partial charge on any atom is 0.338 e. The van der Waals surface area contributed by atoms with Crippen LogP contribution < -0.4 is 11.1 Å². The number of carbonyl (C=O) groups excluding carboxylic acids is 2. The van der Waals surface area contributed by atoms with Gasteiger partial charge >= 0.3 is 5.97 Å². The minimum Gasteiger partial charge on any atom is -0.452 e. The van der Waals surface area contributed by atoms with Gasteiger partial charge in [0.05, 0.1) is 10.5 Å². The van der Waals surface area contributed by atoms with E-state index in [1.807, 2.05) is 0 Å². The summed E-state index contributed by atoms with van der Waals surface area (Å²) in [6.07, 6.45) is 3.12. The fourth-order valence-corrected chi connectivity index (χ4v) is 3.08. The second kappa shape index (κ2) is 7.96. The summed E-state index contributed by atoms with van der Waals surface area (Å²) in [6, 6.07) is 3.71. The average Bonchev–Trinajstić information content (AvgIpc) is 2.57. The van der Waals surface area contributed by atoms with Crippen LogP contribution in [-0.4, -0.2) is 29.4 Å². The molecule has 0 bridgehead atoms. The van der Waals surface area contributed by atoms with Crippen LogP contribution in [0.1, 0.15) is 43.5 Å². The number of hydrogen-bond donors (Lipinski definition) is 2. The van der Waals surface area contributed by atoms with Gasteiger partial charge < -0.3 is 15.8 Å². The van der Waals surface area contributed by atoms with Gasteiger partial charge in [0.2, 0.25) is 0 Å². The molecule has 1 aliphatic carbocycles. The zero-order valence-corrected chi connectivity index (χ0v) is 14.4. The number of nitro benzene ring substituents is 1. The standard InChI is InChI=1S/C17H23N3O5/c1-10-4-3-5-14(11(10)2)19-16(21)9-25-17(22)12-6-7-13(18)15(8-12)20(23)24/h6-8,10-11,14H,3-5,9,18H2,1-2H3,(H,19,21). The van der Waals surface area contributed by atoms with E-state index in [4.69, 9.17) is 10.5 Å². The molecule has 8 nitrogen and oxygen atoms in total. The van der Waals surface area contributed by atoms with Crippen molar-refractivity contribution in [2.45, 2.75) is 39.2 Å². The smallest absolute Gasteiger partial charge is 0.338 e. The molecule has 0 spiro atoms. The van der Waals surface area contributed by atoms with Gasteiger partial charge in [-0.05, 0) is 30.4 Å². The van der Waals surface area contributed by atoms with Crippen molar-refractivity contribution >= 4 is 23.3 Å². The summed E-state index contributed by atoms with van der Waals surface area (Å²) >= 11 is 0. The zero-order chi connectivity index (χ0) is 18.6. The van der Waals surface area contributed by atoms with E-state index in [0.29, 0.717) is 11.8 Å². The maximum atomic E-state index is 12.0. The third-order valence-corrected chi connectivity index (χ3v) is 4.85. The number of amides is 1. The van der Waals surface area contributed by atoms with E-state index in [2.05, 4.69) is 19.2 Å². The van der Waals surface area contributed by atoms with Gasteiger partial charge in [0, 0.05) is 12.1 Å². The van der Waals surface area contributed by atoms with Crippen LogP contribution in [-0.2, 0) is 9.53 Å². The number of hydrogen-bond acceptors (Lipinski definition) is 6. The fourth-order valence-electron chi connectivity index (χ4n) is 3.08. The number of nitrogens with zero attached hydrogens (tertiary/aromatic N) is 1. The van der Waals surface area contributed by atoms with Crippen molar-refractivity contribution in [3.63, 3.8) is 0 Å².